The molecule has 0 radical (unpaired) electrons. The van der Waals surface area contributed by atoms with Crippen LogP contribution in [0, 0.1) is 0 Å². The number of rotatable bonds is 4. The number of sulfonamides is 1. The summed E-state index contributed by atoms with van der Waals surface area (Å²) in [5.41, 5.74) is 2.73. The Kier molecular flexibility index (Phi) is 5.47. The molecule has 2 N–H and O–H groups in total. The number of benzene rings is 1. The molecule has 1 aromatic heterocycles. The zero-order valence-corrected chi connectivity index (χ0v) is 17.0. The Bertz CT molecular complexity index is 849. The van der Waals surface area contributed by atoms with E-state index >= 15 is 0 Å². The van der Waals surface area contributed by atoms with Crippen molar-refractivity contribution in [2.45, 2.75) is 63.2 Å². The van der Waals surface area contributed by atoms with Crippen LogP contribution in [0.25, 0.3) is 11.3 Å². The van der Waals surface area contributed by atoms with Crippen LogP contribution in [-0.4, -0.2) is 29.4 Å². The zero-order valence-electron chi connectivity index (χ0n) is 15.4. The number of aromatic nitrogens is 2. The molecule has 1 aliphatic rings. The van der Waals surface area contributed by atoms with Gasteiger partial charge in [0.25, 0.3) is 0 Å². The quantitative estimate of drug-likeness (QED) is 0.801. The molecule has 0 saturated heterocycles. The molecule has 2 aromatic rings. The molecule has 1 fully saturated rings. The molecular formula is C19H26ClN3O2S. The van der Waals surface area contributed by atoms with Crippen molar-refractivity contribution in [3.63, 3.8) is 0 Å². The maximum atomic E-state index is 12.3. The molecule has 5 nitrogen and oxygen atoms in total. The Morgan fingerprint density at radius 3 is 2.31 bits per heavy atom. The minimum Gasteiger partial charge on any atom is -0.280 e. The predicted octanol–water partition coefficient (Wildman–Crippen LogP) is 4.47. The molecule has 7 heteroatoms. The summed E-state index contributed by atoms with van der Waals surface area (Å²) in [4.78, 5) is 0. The highest BCUT2D eigenvalue weighted by molar-refractivity contribution is 7.90. The van der Waals surface area contributed by atoms with Crippen LogP contribution in [-0.2, 0) is 10.0 Å². The zero-order chi connectivity index (χ0) is 18.9. The minimum atomic E-state index is -3.32. The maximum Gasteiger partial charge on any atom is 0.216 e. The molecule has 26 heavy (non-hydrogen) atoms. The van der Waals surface area contributed by atoms with Gasteiger partial charge in [0.05, 0.1) is 15.5 Å². The van der Waals surface area contributed by atoms with E-state index in [9.17, 15) is 8.42 Å². The van der Waals surface area contributed by atoms with Crippen molar-refractivity contribution in [2.75, 3.05) is 0 Å². The Labute approximate surface area is 160 Å². The molecule has 142 valence electrons. The fourth-order valence-corrected chi connectivity index (χ4v) is 4.67. The van der Waals surface area contributed by atoms with E-state index in [2.05, 4.69) is 14.9 Å². The third-order valence-corrected chi connectivity index (χ3v) is 7.68. The first kappa shape index (κ1) is 19.4. The molecule has 1 aromatic carbocycles. The Hall–Kier alpha value is -1.37. The van der Waals surface area contributed by atoms with Crippen LogP contribution in [0.3, 0.4) is 0 Å². The lowest BCUT2D eigenvalue weighted by molar-refractivity contribution is 0.367. The topological polar surface area (TPSA) is 74.8 Å². The third-order valence-electron chi connectivity index (χ3n) is 5.04. The lowest BCUT2D eigenvalue weighted by atomic mass is 9.84. The molecule has 0 amide bonds. The van der Waals surface area contributed by atoms with Crippen molar-refractivity contribution >= 4 is 21.6 Å². The highest BCUT2D eigenvalue weighted by atomic mass is 35.5. The van der Waals surface area contributed by atoms with Gasteiger partial charge in [-0.25, -0.2) is 13.1 Å². The summed E-state index contributed by atoms with van der Waals surface area (Å²) in [6.45, 7) is 5.16. The fourth-order valence-electron chi connectivity index (χ4n) is 3.30. The van der Waals surface area contributed by atoms with Crippen LogP contribution in [0.15, 0.2) is 30.3 Å². The van der Waals surface area contributed by atoms with Crippen molar-refractivity contribution in [3.8, 4) is 11.3 Å². The van der Waals surface area contributed by atoms with Gasteiger partial charge in [-0.05, 0) is 46.5 Å². The summed E-state index contributed by atoms with van der Waals surface area (Å²) in [5, 5.41) is 8.19. The van der Waals surface area contributed by atoms with Crippen LogP contribution < -0.4 is 4.72 Å². The van der Waals surface area contributed by atoms with Gasteiger partial charge in [-0.15, -0.1) is 0 Å². The van der Waals surface area contributed by atoms with E-state index in [1.807, 2.05) is 30.3 Å². The largest absolute Gasteiger partial charge is 0.280 e. The average molecular weight is 396 g/mol. The maximum absolute atomic E-state index is 12.3. The molecular weight excluding hydrogens is 370 g/mol. The first-order valence-corrected chi connectivity index (χ1v) is 10.9. The fraction of sp³-hybridized carbons (Fsp3) is 0.526. The molecule has 0 bridgehead atoms. The Morgan fingerprint density at radius 1 is 1.12 bits per heavy atom. The van der Waals surface area contributed by atoms with Gasteiger partial charge >= 0.3 is 0 Å². The van der Waals surface area contributed by atoms with E-state index in [4.69, 9.17) is 11.6 Å². The second-order valence-corrected chi connectivity index (χ2v) is 10.8. The van der Waals surface area contributed by atoms with E-state index in [0.717, 1.165) is 42.6 Å². The van der Waals surface area contributed by atoms with Crippen molar-refractivity contribution in [2.24, 2.45) is 0 Å². The van der Waals surface area contributed by atoms with Crippen LogP contribution in [0.4, 0.5) is 0 Å². The van der Waals surface area contributed by atoms with Gasteiger partial charge < -0.3 is 0 Å². The monoisotopic (exact) mass is 395 g/mol. The first-order chi connectivity index (χ1) is 12.2. The van der Waals surface area contributed by atoms with Gasteiger partial charge in [-0.3, -0.25) is 5.10 Å². The van der Waals surface area contributed by atoms with Crippen LogP contribution in [0.1, 0.15) is 58.1 Å². The highest BCUT2D eigenvalue weighted by Gasteiger charge is 2.33. The molecule has 1 aliphatic carbocycles. The number of nitrogens with zero attached hydrogens (tertiary/aromatic N) is 1. The standard InChI is InChI=1S/C19H26ClN3O2S/c1-19(2,3)26(24,25)23-15-11-9-14(10-12-15)18-16(20)17(21-22-18)13-7-5-4-6-8-13/h4-8,14-15,23H,9-12H2,1-3H3,(H,21,22). The summed E-state index contributed by atoms with van der Waals surface area (Å²) in [5.74, 6) is 0.280. The van der Waals surface area contributed by atoms with Gasteiger partial charge in [-0.2, -0.15) is 5.10 Å². The van der Waals surface area contributed by atoms with Crippen molar-refractivity contribution < 1.29 is 8.42 Å². The molecule has 1 saturated carbocycles. The molecule has 0 atom stereocenters. The second kappa shape index (κ2) is 7.33. The minimum absolute atomic E-state index is 0.00855. The number of aromatic amines is 1. The van der Waals surface area contributed by atoms with Crippen molar-refractivity contribution in [3.05, 3.63) is 41.0 Å². The summed E-state index contributed by atoms with van der Waals surface area (Å²) in [6, 6.07) is 9.86. The Balaban J connectivity index is 1.67. The molecule has 0 aliphatic heterocycles. The first-order valence-electron chi connectivity index (χ1n) is 9.00. The number of nitrogens with one attached hydrogen (secondary N) is 2. The second-order valence-electron chi connectivity index (χ2n) is 7.95. The summed E-state index contributed by atoms with van der Waals surface area (Å²) in [6.07, 6.45) is 3.37. The van der Waals surface area contributed by atoms with E-state index in [1.165, 1.54) is 0 Å². The smallest absolute Gasteiger partial charge is 0.216 e. The SMILES string of the molecule is CC(C)(C)S(=O)(=O)NC1CCC(c2[nH]nc(-c3ccccc3)c2Cl)CC1. The number of H-pyrrole nitrogens is 1. The van der Waals surface area contributed by atoms with Crippen LogP contribution >= 0.6 is 11.6 Å². The van der Waals surface area contributed by atoms with Crippen LogP contribution in [0.5, 0.6) is 0 Å². The Morgan fingerprint density at radius 2 is 1.73 bits per heavy atom. The number of hydrogen-bond donors (Lipinski definition) is 2. The van der Waals surface area contributed by atoms with E-state index in [1.54, 1.807) is 20.8 Å². The molecule has 1 heterocycles. The molecule has 0 spiro atoms. The summed E-state index contributed by atoms with van der Waals surface area (Å²) >= 11 is 6.59. The molecule has 3 rings (SSSR count). The van der Waals surface area contributed by atoms with Crippen LogP contribution in [0.2, 0.25) is 5.02 Å². The third kappa shape index (κ3) is 3.97. The summed E-state index contributed by atoms with van der Waals surface area (Å²) in [7, 11) is -3.32. The van der Waals surface area contributed by atoms with Gasteiger partial charge in [0.15, 0.2) is 0 Å². The van der Waals surface area contributed by atoms with Gasteiger partial charge in [-0.1, -0.05) is 41.9 Å². The van der Waals surface area contributed by atoms with Gasteiger partial charge in [0.1, 0.15) is 5.69 Å². The number of hydrogen-bond acceptors (Lipinski definition) is 3. The van der Waals surface area contributed by atoms with E-state index in [-0.39, 0.29) is 12.0 Å². The number of halogens is 1. The van der Waals surface area contributed by atoms with Gasteiger partial charge in [0.2, 0.25) is 10.0 Å². The highest BCUT2D eigenvalue weighted by Crippen LogP contribution is 2.39. The molecule has 0 unspecified atom stereocenters. The van der Waals surface area contributed by atoms with Crippen molar-refractivity contribution in [1.29, 1.82) is 0 Å². The van der Waals surface area contributed by atoms with E-state index < -0.39 is 14.8 Å². The normalized spacial score (nSPS) is 21.7. The predicted molar refractivity (Wildman–Crippen MR) is 106 cm³/mol. The van der Waals surface area contributed by atoms with Crippen molar-refractivity contribution in [1.82, 2.24) is 14.9 Å². The lowest BCUT2D eigenvalue weighted by Gasteiger charge is -2.31. The lowest BCUT2D eigenvalue weighted by Crippen LogP contribution is -2.45. The van der Waals surface area contributed by atoms with E-state index in [0.29, 0.717) is 5.02 Å². The van der Waals surface area contributed by atoms with Gasteiger partial charge in [0, 0.05) is 17.5 Å². The summed E-state index contributed by atoms with van der Waals surface area (Å²) < 4.78 is 26.8. The average Bonchev–Trinajstić information content (AvgIpc) is 2.96.